The van der Waals surface area contributed by atoms with Crippen LogP contribution in [-0.4, -0.2) is 83.7 Å². The number of aromatic nitrogens is 3. The standard InChI is InChI=1S/C22H20BrN5O2.C4H6O6/c23-17-12-16-20(24-19(17)18-4-3-11-30-18)26-27-21(16)25-22(29)15-7-5-14(6-8-15)13-28-9-1-2-10-28;5-1(3(7)8)2(6)4(9)10/h3-8,11-12H,1-2,9-10,13H2,(H2,24,25,26,27,29);1-2,5-6H,(H,7,8)(H,9,10). The van der Waals surface area contributed by atoms with Crippen LogP contribution in [0, 0.1) is 0 Å². The first-order chi connectivity index (χ1) is 19.1. The summed E-state index contributed by atoms with van der Waals surface area (Å²) in [4.78, 5) is 39.3. The molecule has 0 aliphatic carbocycles. The van der Waals surface area contributed by atoms with Gasteiger partial charge in [-0.05, 0) is 77.8 Å². The molecule has 0 spiro atoms. The van der Waals surface area contributed by atoms with Gasteiger partial charge in [0, 0.05) is 16.6 Å². The minimum Gasteiger partial charge on any atom is -0.479 e. The van der Waals surface area contributed by atoms with E-state index in [0.29, 0.717) is 28.5 Å². The number of carboxylic acid groups (broad SMARTS) is 2. The van der Waals surface area contributed by atoms with Crippen molar-refractivity contribution in [3.8, 4) is 11.5 Å². The van der Waals surface area contributed by atoms with Gasteiger partial charge in [0.1, 0.15) is 5.69 Å². The molecule has 2 atom stereocenters. The lowest BCUT2D eigenvalue weighted by atomic mass is 10.1. The van der Waals surface area contributed by atoms with Crippen LogP contribution < -0.4 is 5.32 Å². The lowest BCUT2D eigenvalue weighted by molar-refractivity contribution is -0.165. The van der Waals surface area contributed by atoms with Gasteiger partial charge in [0.25, 0.3) is 5.91 Å². The van der Waals surface area contributed by atoms with Crippen molar-refractivity contribution in [2.24, 2.45) is 0 Å². The van der Waals surface area contributed by atoms with E-state index in [0.717, 1.165) is 29.5 Å². The second-order valence-electron chi connectivity index (χ2n) is 8.96. The number of aliphatic hydroxyl groups excluding tert-OH is 2. The number of hydrogen-bond donors (Lipinski definition) is 6. The first-order valence-corrected chi connectivity index (χ1v) is 13.0. The third-order valence-electron chi connectivity index (χ3n) is 6.12. The fraction of sp³-hybridized carbons (Fsp3) is 0.269. The van der Waals surface area contributed by atoms with Crippen LogP contribution in [0.1, 0.15) is 28.8 Å². The van der Waals surface area contributed by atoms with Gasteiger partial charge in [-0.2, -0.15) is 5.10 Å². The van der Waals surface area contributed by atoms with Crippen LogP contribution in [-0.2, 0) is 16.1 Å². The summed E-state index contributed by atoms with van der Waals surface area (Å²) in [5.41, 5.74) is 3.05. The smallest absolute Gasteiger partial charge is 0.335 e. The summed E-state index contributed by atoms with van der Waals surface area (Å²) in [6.45, 7) is 3.24. The lowest BCUT2D eigenvalue weighted by Crippen LogP contribution is -2.39. The molecule has 4 heterocycles. The summed E-state index contributed by atoms with van der Waals surface area (Å²) >= 11 is 3.53. The van der Waals surface area contributed by atoms with Gasteiger partial charge in [-0.1, -0.05) is 12.1 Å². The number of anilines is 1. The Balaban J connectivity index is 0.000000318. The van der Waals surface area contributed by atoms with Crippen LogP contribution in [0.3, 0.4) is 0 Å². The Bertz CT molecular complexity index is 1470. The number of likely N-dealkylation sites (tertiary alicyclic amines) is 1. The van der Waals surface area contributed by atoms with Gasteiger partial charge < -0.3 is 30.2 Å². The highest BCUT2D eigenvalue weighted by molar-refractivity contribution is 9.10. The number of nitrogens with zero attached hydrogens (tertiary/aromatic N) is 3. The Labute approximate surface area is 235 Å². The van der Waals surface area contributed by atoms with Crippen molar-refractivity contribution >= 4 is 50.6 Å². The number of fused-ring (bicyclic) bond motifs is 1. The number of H-pyrrole nitrogens is 1. The number of furan rings is 1. The largest absolute Gasteiger partial charge is 0.479 e. The van der Waals surface area contributed by atoms with Gasteiger partial charge in [0.15, 0.2) is 29.4 Å². The molecule has 1 aliphatic heterocycles. The molecule has 210 valence electrons. The first-order valence-electron chi connectivity index (χ1n) is 12.2. The topological polar surface area (TPSA) is 202 Å². The van der Waals surface area contributed by atoms with Gasteiger partial charge in [-0.3, -0.25) is 14.8 Å². The predicted molar refractivity (Wildman–Crippen MR) is 145 cm³/mol. The summed E-state index contributed by atoms with van der Waals surface area (Å²) in [7, 11) is 0. The minimum atomic E-state index is -2.27. The average molecular weight is 616 g/mol. The Kier molecular flexibility index (Phi) is 9.26. The molecule has 13 nitrogen and oxygen atoms in total. The Morgan fingerprint density at radius 2 is 1.70 bits per heavy atom. The summed E-state index contributed by atoms with van der Waals surface area (Å²) < 4.78 is 6.19. The summed E-state index contributed by atoms with van der Waals surface area (Å²) in [6.07, 6.45) is -0.393. The zero-order valence-electron chi connectivity index (χ0n) is 21.0. The number of aliphatic hydroxyl groups is 2. The Morgan fingerprint density at radius 3 is 2.27 bits per heavy atom. The first kappa shape index (κ1) is 28.9. The second kappa shape index (κ2) is 12.8. The number of rotatable bonds is 8. The van der Waals surface area contributed by atoms with Gasteiger partial charge in [0.2, 0.25) is 0 Å². The van der Waals surface area contributed by atoms with Crippen molar-refractivity contribution in [1.82, 2.24) is 20.1 Å². The third-order valence-corrected chi connectivity index (χ3v) is 6.72. The maximum atomic E-state index is 12.7. The number of carboxylic acids is 2. The van der Waals surface area contributed by atoms with Gasteiger partial charge in [-0.15, -0.1) is 0 Å². The molecule has 14 heteroatoms. The van der Waals surface area contributed by atoms with Crippen molar-refractivity contribution in [3.05, 3.63) is 64.3 Å². The molecule has 4 aromatic rings. The summed E-state index contributed by atoms with van der Waals surface area (Å²) in [6, 6.07) is 13.3. The number of hydrogen-bond acceptors (Lipinski definition) is 9. The van der Waals surface area contributed by atoms with E-state index < -0.39 is 24.1 Å². The zero-order valence-corrected chi connectivity index (χ0v) is 22.5. The highest BCUT2D eigenvalue weighted by Gasteiger charge is 2.29. The van der Waals surface area contributed by atoms with E-state index >= 15 is 0 Å². The number of benzene rings is 1. The highest BCUT2D eigenvalue weighted by atomic mass is 79.9. The minimum absolute atomic E-state index is 0.206. The summed E-state index contributed by atoms with van der Waals surface area (Å²) in [5, 5.41) is 43.2. The molecule has 0 radical (unpaired) electrons. The van der Waals surface area contributed by atoms with Crippen LogP contribution in [0.4, 0.5) is 5.82 Å². The van der Waals surface area contributed by atoms with E-state index in [2.05, 4.69) is 41.3 Å². The van der Waals surface area contributed by atoms with Crippen LogP contribution >= 0.6 is 15.9 Å². The molecule has 1 saturated heterocycles. The van der Waals surface area contributed by atoms with E-state index in [1.165, 1.54) is 18.4 Å². The van der Waals surface area contributed by atoms with Crippen LogP contribution in [0.25, 0.3) is 22.5 Å². The molecule has 0 saturated carbocycles. The van der Waals surface area contributed by atoms with E-state index in [4.69, 9.17) is 24.8 Å². The van der Waals surface area contributed by atoms with Crippen LogP contribution in [0.15, 0.2) is 57.6 Å². The zero-order chi connectivity index (χ0) is 28.8. The molecule has 1 aliphatic rings. The SMILES string of the molecule is O=C(Nc1n[nH]c2nc(-c3ccco3)c(Br)cc12)c1ccc(CN2CCCC2)cc1.O=C(O)C(O)C(O)C(=O)O. The van der Waals surface area contributed by atoms with E-state index in [-0.39, 0.29) is 5.91 Å². The molecule has 40 heavy (non-hydrogen) atoms. The maximum Gasteiger partial charge on any atom is 0.335 e. The monoisotopic (exact) mass is 615 g/mol. The van der Waals surface area contributed by atoms with Crippen molar-refractivity contribution in [3.63, 3.8) is 0 Å². The lowest BCUT2D eigenvalue weighted by Gasteiger charge is -2.14. The van der Waals surface area contributed by atoms with Crippen molar-refractivity contribution in [2.45, 2.75) is 31.6 Å². The van der Waals surface area contributed by atoms with Gasteiger partial charge in [-0.25, -0.2) is 14.6 Å². The molecule has 5 rings (SSSR count). The Morgan fingerprint density at radius 1 is 1.05 bits per heavy atom. The molecule has 3 aromatic heterocycles. The van der Waals surface area contributed by atoms with Crippen molar-refractivity contribution in [1.29, 1.82) is 0 Å². The molecule has 1 aromatic carbocycles. The normalized spacial score (nSPS) is 14.8. The molecule has 0 bridgehead atoms. The molecule has 2 unspecified atom stereocenters. The van der Waals surface area contributed by atoms with Crippen molar-refractivity contribution in [2.75, 3.05) is 18.4 Å². The van der Waals surface area contributed by atoms with Crippen LogP contribution in [0.5, 0.6) is 0 Å². The average Bonchev–Trinajstić information content (AvgIpc) is 3.72. The number of nitrogens with one attached hydrogen (secondary N) is 2. The van der Waals surface area contributed by atoms with E-state index in [1.807, 2.05) is 42.5 Å². The number of amides is 1. The quantitative estimate of drug-likeness (QED) is 0.170. The van der Waals surface area contributed by atoms with Gasteiger partial charge >= 0.3 is 11.9 Å². The van der Waals surface area contributed by atoms with Gasteiger partial charge in [0.05, 0.1) is 11.6 Å². The molecule has 6 N–H and O–H groups in total. The molecule has 1 amide bonds. The number of halogens is 1. The number of aliphatic carboxylic acids is 2. The number of carbonyl (C=O) groups excluding carboxylic acids is 1. The highest BCUT2D eigenvalue weighted by Crippen LogP contribution is 2.32. The number of pyridine rings is 1. The third kappa shape index (κ3) is 6.90. The van der Waals surface area contributed by atoms with E-state index in [9.17, 15) is 14.4 Å². The molecular formula is C26H26BrN5O8. The van der Waals surface area contributed by atoms with Crippen molar-refractivity contribution < 1.29 is 39.2 Å². The second-order valence-corrected chi connectivity index (χ2v) is 9.82. The van der Waals surface area contributed by atoms with Crippen LogP contribution in [0.2, 0.25) is 0 Å². The molecule has 1 fully saturated rings. The van der Waals surface area contributed by atoms with E-state index in [1.54, 1.807) is 6.26 Å². The molecular weight excluding hydrogens is 590 g/mol. The number of aromatic amines is 1. The predicted octanol–water partition coefficient (Wildman–Crippen LogP) is 2.71. The Hall–Kier alpha value is -4.11. The fourth-order valence-corrected chi connectivity index (χ4v) is 4.53. The maximum absolute atomic E-state index is 12.7. The summed E-state index contributed by atoms with van der Waals surface area (Å²) in [5.74, 6) is -2.65. The number of carbonyl (C=O) groups is 3. The fourth-order valence-electron chi connectivity index (χ4n) is 4.02.